The Labute approximate surface area is 176 Å². The molecule has 1 aromatic heterocycles. The van der Waals surface area contributed by atoms with Crippen LogP contribution in [-0.2, 0) is 14.3 Å². The molecule has 2 rings (SSSR count). The largest absolute Gasteiger partial charge is 0.463 e. The Morgan fingerprint density at radius 2 is 1.69 bits per heavy atom. The molecule has 0 aliphatic rings. The van der Waals surface area contributed by atoms with E-state index in [-0.39, 0.29) is 6.61 Å². The van der Waals surface area contributed by atoms with Gasteiger partial charge in [0.25, 0.3) is 0 Å². The molecule has 0 N–H and O–H groups in total. The number of carbonyl (C=O) groups is 2. The summed E-state index contributed by atoms with van der Waals surface area (Å²) < 4.78 is 9.97. The first-order chi connectivity index (χ1) is 14.0. The fourth-order valence-electron chi connectivity index (χ4n) is 2.57. The lowest BCUT2D eigenvalue weighted by atomic mass is 10.1. The summed E-state index contributed by atoms with van der Waals surface area (Å²) in [4.78, 5) is 32.6. The molecule has 0 spiro atoms. The monoisotopic (exact) mass is 416 g/mol. The number of unbranched alkanes of at least 4 members (excludes halogenated alkanes) is 3. The fraction of sp³-hybridized carbons (Fsp3) is 0.455. The summed E-state index contributed by atoms with van der Waals surface area (Å²) in [5, 5.41) is 0.776. The predicted octanol–water partition coefficient (Wildman–Crippen LogP) is 4.92. The van der Waals surface area contributed by atoms with Crippen LogP contribution in [0.4, 0.5) is 0 Å². The van der Waals surface area contributed by atoms with Gasteiger partial charge in [0.1, 0.15) is 0 Å². The van der Waals surface area contributed by atoms with E-state index in [1.165, 1.54) is 32.6 Å². The van der Waals surface area contributed by atoms with Gasteiger partial charge >= 0.3 is 11.9 Å². The molecule has 156 valence electrons. The van der Waals surface area contributed by atoms with Crippen molar-refractivity contribution in [1.82, 2.24) is 9.97 Å². The molecule has 0 aliphatic heterocycles. The van der Waals surface area contributed by atoms with Gasteiger partial charge in [-0.15, -0.1) is 0 Å². The van der Waals surface area contributed by atoms with Crippen molar-refractivity contribution >= 4 is 23.7 Å². The third kappa shape index (κ3) is 7.49. The molecule has 1 atom stereocenters. The van der Waals surface area contributed by atoms with Crippen LogP contribution in [0.25, 0.3) is 11.1 Å². The van der Waals surface area contributed by atoms with Crippen molar-refractivity contribution in [2.24, 2.45) is 0 Å². The first-order valence-corrected chi connectivity index (χ1v) is 11.0. The minimum atomic E-state index is -0.942. The van der Waals surface area contributed by atoms with Gasteiger partial charge < -0.3 is 9.47 Å². The molecule has 0 aliphatic carbocycles. The van der Waals surface area contributed by atoms with Gasteiger partial charge in [0.15, 0.2) is 11.3 Å². The summed E-state index contributed by atoms with van der Waals surface area (Å²) >= 11 is 1.67. The van der Waals surface area contributed by atoms with E-state index in [9.17, 15) is 9.59 Å². The van der Waals surface area contributed by atoms with E-state index in [4.69, 9.17) is 9.47 Å². The van der Waals surface area contributed by atoms with Crippen LogP contribution in [0.1, 0.15) is 56.8 Å². The molecule has 0 saturated carbocycles. The van der Waals surface area contributed by atoms with Crippen LogP contribution in [0.2, 0.25) is 0 Å². The van der Waals surface area contributed by atoms with E-state index in [0.29, 0.717) is 5.56 Å². The number of esters is 2. The Morgan fingerprint density at radius 3 is 2.31 bits per heavy atom. The number of thioether (sulfide) groups is 1. The van der Waals surface area contributed by atoms with E-state index in [2.05, 4.69) is 16.9 Å². The van der Waals surface area contributed by atoms with Gasteiger partial charge in [0.2, 0.25) is 0 Å². The van der Waals surface area contributed by atoms with Crippen molar-refractivity contribution in [2.45, 2.75) is 57.7 Å². The second-order valence-electron chi connectivity index (χ2n) is 6.54. The molecule has 0 unspecified atom stereocenters. The van der Waals surface area contributed by atoms with Gasteiger partial charge in [0.05, 0.1) is 12.2 Å². The van der Waals surface area contributed by atoms with Crippen molar-refractivity contribution < 1.29 is 19.1 Å². The Kier molecular flexibility index (Phi) is 9.64. The van der Waals surface area contributed by atoms with Gasteiger partial charge in [-0.05, 0) is 38.0 Å². The highest BCUT2D eigenvalue weighted by Gasteiger charge is 2.19. The topological polar surface area (TPSA) is 78.4 Å². The smallest absolute Gasteiger partial charge is 0.347 e. The average Bonchev–Trinajstić information content (AvgIpc) is 2.74. The van der Waals surface area contributed by atoms with Gasteiger partial charge in [-0.3, -0.25) is 0 Å². The second kappa shape index (κ2) is 12.2. The van der Waals surface area contributed by atoms with Crippen LogP contribution in [0, 0.1) is 0 Å². The summed E-state index contributed by atoms with van der Waals surface area (Å²) in [5.41, 5.74) is 2.14. The lowest BCUT2D eigenvalue weighted by molar-refractivity contribution is -0.152. The van der Waals surface area contributed by atoms with Gasteiger partial charge in [0, 0.05) is 23.7 Å². The molecular formula is C22H28N2O4S. The molecule has 0 radical (unpaired) electrons. The zero-order chi connectivity index (χ0) is 21.1. The van der Waals surface area contributed by atoms with Gasteiger partial charge in [-0.2, -0.15) is 0 Å². The molecular weight excluding hydrogens is 388 g/mol. The number of hydrogen-bond donors (Lipinski definition) is 0. The SMILES string of the molecule is CCCCCCSc1ncc(-c2ccc(C(=O)O[C@@H](C)C(=O)OCC)cc2)cn1. The summed E-state index contributed by atoms with van der Waals surface area (Å²) in [5.74, 6) is -0.0958. The maximum absolute atomic E-state index is 12.2. The molecule has 2 aromatic rings. The normalized spacial score (nSPS) is 11.7. The molecule has 0 bridgehead atoms. The molecule has 6 nitrogen and oxygen atoms in total. The molecule has 0 saturated heterocycles. The minimum absolute atomic E-state index is 0.244. The van der Waals surface area contributed by atoms with Crippen LogP contribution in [-0.4, -0.2) is 40.4 Å². The summed E-state index contributed by atoms with van der Waals surface area (Å²) in [6.07, 6.45) is 7.56. The van der Waals surface area contributed by atoms with Crippen LogP contribution < -0.4 is 0 Å². The lowest BCUT2D eigenvalue weighted by Crippen LogP contribution is -2.26. The Bertz CT molecular complexity index is 778. The van der Waals surface area contributed by atoms with Gasteiger partial charge in [-0.1, -0.05) is 50.1 Å². The minimum Gasteiger partial charge on any atom is -0.463 e. The maximum Gasteiger partial charge on any atom is 0.347 e. The van der Waals surface area contributed by atoms with Crippen LogP contribution in [0.3, 0.4) is 0 Å². The highest BCUT2D eigenvalue weighted by Crippen LogP contribution is 2.21. The quantitative estimate of drug-likeness (QED) is 0.222. The average molecular weight is 417 g/mol. The molecule has 0 fully saturated rings. The molecule has 29 heavy (non-hydrogen) atoms. The first-order valence-electron chi connectivity index (χ1n) is 9.98. The lowest BCUT2D eigenvalue weighted by Gasteiger charge is -2.12. The number of hydrogen-bond acceptors (Lipinski definition) is 7. The van der Waals surface area contributed by atoms with Gasteiger partial charge in [-0.25, -0.2) is 19.6 Å². The van der Waals surface area contributed by atoms with Crippen molar-refractivity contribution in [1.29, 1.82) is 0 Å². The Balaban J connectivity index is 1.90. The molecule has 0 amide bonds. The zero-order valence-corrected chi connectivity index (χ0v) is 18.0. The predicted molar refractivity (Wildman–Crippen MR) is 114 cm³/mol. The third-order valence-corrected chi connectivity index (χ3v) is 5.18. The van der Waals surface area contributed by atoms with Crippen LogP contribution in [0.15, 0.2) is 41.8 Å². The highest BCUT2D eigenvalue weighted by atomic mass is 32.2. The van der Waals surface area contributed by atoms with E-state index >= 15 is 0 Å². The van der Waals surface area contributed by atoms with E-state index < -0.39 is 18.0 Å². The van der Waals surface area contributed by atoms with E-state index in [0.717, 1.165) is 22.0 Å². The highest BCUT2D eigenvalue weighted by molar-refractivity contribution is 7.99. The van der Waals surface area contributed by atoms with E-state index in [1.54, 1.807) is 43.2 Å². The van der Waals surface area contributed by atoms with Crippen LogP contribution in [0.5, 0.6) is 0 Å². The number of carbonyl (C=O) groups excluding carboxylic acids is 2. The summed E-state index contributed by atoms with van der Waals surface area (Å²) in [6.45, 7) is 5.64. The van der Waals surface area contributed by atoms with Crippen molar-refractivity contribution in [3.8, 4) is 11.1 Å². The van der Waals surface area contributed by atoms with E-state index in [1.807, 2.05) is 12.1 Å². The number of benzene rings is 1. The zero-order valence-electron chi connectivity index (χ0n) is 17.2. The van der Waals surface area contributed by atoms with Crippen molar-refractivity contribution in [3.05, 3.63) is 42.2 Å². The third-order valence-electron chi connectivity index (χ3n) is 4.21. The molecule has 7 heteroatoms. The summed E-state index contributed by atoms with van der Waals surface area (Å²) in [7, 11) is 0. The number of rotatable bonds is 11. The first kappa shape index (κ1) is 22.9. The number of nitrogens with zero attached hydrogens (tertiary/aromatic N) is 2. The second-order valence-corrected chi connectivity index (χ2v) is 7.60. The van der Waals surface area contributed by atoms with Crippen molar-refractivity contribution in [3.63, 3.8) is 0 Å². The Morgan fingerprint density at radius 1 is 1.00 bits per heavy atom. The maximum atomic E-state index is 12.2. The number of ether oxygens (including phenoxy) is 2. The fourth-order valence-corrected chi connectivity index (χ4v) is 3.35. The van der Waals surface area contributed by atoms with Crippen LogP contribution >= 0.6 is 11.8 Å². The molecule has 1 aromatic carbocycles. The number of aromatic nitrogens is 2. The van der Waals surface area contributed by atoms with Crippen molar-refractivity contribution in [2.75, 3.05) is 12.4 Å². The molecule has 1 heterocycles. The summed E-state index contributed by atoms with van der Waals surface area (Å²) in [6, 6.07) is 6.93. The standard InChI is InChI=1S/C22H28N2O4S/c1-4-6-7-8-13-29-22-23-14-19(15-24-22)17-9-11-18(12-10-17)21(26)28-16(3)20(25)27-5-2/h9-12,14-16H,4-8,13H2,1-3H3/t16-/m0/s1. The Hall–Kier alpha value is -2.41.